The monoisotopic (exact) mass is 548 g/mol. The largest absolute Gasteiger partial charge is 0.325 e. The Labute approximate surface area is 225 Å². The van der Waals surface area contributed by atoms with Gasteiger partial charge in [0, 0.05) is 11.3 Å². The highest BCUT2D eigenvalue weighted by Gasteiger charge is 2.36. The van der Waals surface area contributed by atoms with Crippen molar-refractivity contribution in [3.63, 3.8) is 0 Å². The first kappa shape index (κ1) is 25.9. The number of amides is 1. The number of anilines is 2. The molecule has 2 heterocycles. The Morgan fingerprint density at radius 3 is 2.45 bits per heavy atom. The number of sulfonamides is 1. The maximum atomic E-state index is 13.6. The molecule has 0 fully saturated rings. The first-order valence-corrected chi connectivity index (χ1v) is 14.4. The van der Waals surface area contributed by atoms with Crippen LogP contribution >= 0.6 is 11.8 Å². The molecule has 38 heavy (non-hydrogen) atoms. The molecule has 1 aliphatic heterocycles. The Bertz CT molecular complexity index is 1590. The van der Waals surface area contributed by atoms with Crippen LogP contribution in [0.4, 0.5) is 15.8 Å². The van der Waals surface area contributed by atoms with E-state index in [9.17, 15) is 17.6 Å². The van der Waals surface area contributed by atoms with Crippen molar-refractivity contribution in [2.75, 3.05) is 15.4 Å². The predicted octanol–water partition coefficient (Wildman–Crippen LogP) is 5.85. The summed E-state index contributed by atoms with van der Waals surface area (Å²) < 4.78 is 41.8. The number of thioether (sulfide) groups is 1. The number of carbonyl (C=O) groups is 1. The molecule has 194 valence electrons. The summed E-state index contributed by atoms with van der Waals surface area (Å²) in [5.41, 5.74) is 3.93. The number of rotatable bonds is 7. The zero-order chi connectivity index (χ0) is 26.9. The topological polar surface area (TPSA) is 92.3 Å². The second-order valence-corrected chi connectivity index (χ2v) is 11.9. The summed E-state index contributed by atoms with van der Waals surface area (Å²) in [5.74, 6) is -0.139. The fraction of sp³-hybridized carbons (Fsp3) is 0.179. The summed E-state index contributed by atoms with van der Waals surface area (Å²) in [4.78, 5) is 21.3. The number of nitrogens with zero attached hydrogens (tertiary/aromatic N) is 3. The van der Waals surface area contributed by atoms with E-state index >= 15 is 0 Å². The number of para-hydroxylation sites is 1. The van der Waals surface area contributed by atoms with E-state index in [0.717, 1.165) is 11.8 Å². The van der Waals surface area contributed by atoms with E-state index in [-0.39, 0.29) is 28.8 Å². The minimum Gasteiger partial charge on any atom is -0.325 e. The lowest BCUT2D eigenvalue weighted by atomic mass is 10.0. The van der Waals surface area contributed by atoms with E-state index in [1.165, 1.54) is 28.2 Å². The maximum Gasteiger partial charge on any atom is 0.268 e. The Morgan fingerprint density at radius 1 is 1.03 bits per heavy atom. The van der Waals surface area contributed by atoms with E-state index < -0.39 is 15.8 Å². The third kappa shape index (κ3) is 5.27. The third-order valence-electron chi connectivity index (χ3n) is 6.16. The molecule has 0 unspecified atom stereocenters. The summed E-state index contributed by atoms with van der Waals surface area (Å²) in [6, 6.07) is 20.5. The molecule has 1 amide bonds. The van der Waals surface area contributed by atoms with Crippen molar-refractivity contribution in [3.8, 4) is 11.3 Å². The Balaban J connectivity index is 1.36. The van der Waals surface area contributed by atoms with Gasteiger partial charge in [0.1, 0.15) is 10.7 Å². The molecule has 1 aromatic heterocycles. The van der Waals surface area contributed by atoms with Crippen LogP contribution < -0.4 is 9.62 Å². The molecule has 10 heteroatoms. The molecule has 0 aliphatic carbocycles. The van der Waals surface area contributed by atoms with Gasteiger partial charge in [-0.15, -0.1) is 0 Å². The van der Waals surface area contributed by atoms with Crippen LogP contribution in [0.1, 0.15) is 30.9 Å². The lowest BCUT2D eigenvalue weighted by Gasteiger charge is -2.31. The zero-order valence-electron chi connectivity index (χ0n) is 20.8. The average Bonchev–Trinajstić information content (AvgIpc) is 2.91. The van der Waals surface area contributed by atoms with Gasteiger partial charge in [-0.3, -0.25) is 9.10 Å². The van der Waals surface area contributed by atoms with Crippen LogP contribution in [0.2, 0.25) is 0 Å². The fourth-order valence-electron chi connectivity index (χ4n) is 4.15. The van der Waals surface area contributed by atoms with Gasteiger partial charge in [-0.2, -0.15) is 0 Å². The fourth-order valence-corrected chi connectivity index (χ4v) is 6.33. The van der Waals surface area contributed by atoms with Crippen molar-refractivity contribution in [2.45, 2.75) is 36.4 Å². The molecule has 3 aromatic carbocycles. The normalized spacial score (nSPS) is 13.6. The lowest BCUT2D eigenvalue weighted by Crippen LogP contribution is -2.34. The second kappa shape index (κ2) is 10.5. The Morgan fingerprint density at radius 2 is 1.74 bits per heavy atom. The van der Waals surface area contributed by atoms with E-state index in [1.807, 2.05) is 30.3 Å². The van der Waals surface area contributed by atoms with Crippen LogP contribution in [0.3, 0.4) is 0 Å². The Hall–Kier alpha value is -3.76. The number of carbonyl (C=O) groups excluding carboxylic acids is 1. The average molecular weight is 549 g/mol. The van der Waals surface area contributed by atoms with Crippen molar-refractivity contribution in [2.24, 2.45) is 0 Å². The van der Waals surface area contributed by atoms with Crippen LogP contribution in [-0.4, -0.2) is 30.0 Å². The van der Waals surface area contributed by atoms with Crippen LogP contribution in [0.5, 0.6) is 0 Å². The predicted molar refractivity (Wildman–Crippen MR) is 147 cm³/mol. The SMILES string of the molecule is CC(C)c1ccc(NC(=O)CSc2ncc3c(n2)-c2ccccc2N(Cc2ccc(F)cc2)S3(=O)=O)cc1. The smallest absolute Gasteiger partial charge is 0.268 e. The van der Waals surface area contributed by atoms with Crippen molar-refractivity contribution >= 4 is 39.1 Å². The Kier molecular flexibility index (Phi) is 7.18. The van der Waals surface area contributed by atoms with E-state index in [2.05, 4.69) is 29.1 Å². The van der Waals surface area contributed by atoms with E-state index in [0.29, 0.717) is 33.6 Å². The van der Waals surface area contributed by atoms with Crippen molar-refractivity contribution in [3.05, 3.63) is 95.9 Å². The highest BCUT2D eigenvalue weighted by Crippen LogP contribution is 2.42. The van der Waals surface area contributed by atoms with Gasteiger partial charge in [0.2, 0.25) is 5.91 Å². The summed E-state index contributed by atoms with van der Waals surface area (Å²) in [5, 5.41) is 3.16. The lowest BCUT2D eigenvalue weighted by molar-refractivity contribution is -0.113. The third-order valence-corrected chi connectivity index (χ3v) is 8.78. The molecule has 5 rings (SSSR count). The van der Waals surface area contributed by atoms with Crippen LogP contribution in [0.15, 0.2) is 89.0 Å². The molecular weight excluding hydrogens is 523 g/mol. The molecule has 4 aromatic rings. The van der Waals surface area contributed by atoms with Gasteiger partial charge in [-0.25, -0.2) is 22.8 Å². The first-order valence-electron chi connectivity index (χ1n) is 12.0. The van der Waals surface area contributed by atoms with Gasteiger partial charge in [-0.1, -0.05) is 68.1 Å². The van der Waals surface area contributed by atoms with Crippen LogP contribution in [-0.2, 0) is 21.4 Å². The molecule has 0 spiro atoms. The van der Waals surface area contributed by atoms with Crippen molar-refractivity contribution < 1.29 is 17.6 Å². The van der Waals surface area contributed by atoms with Crippen molar-refractivity contribution in [1.29, 1.82) is 0 Å². The van der Waals surface area contributed by atoms with E-state index in [1.54, 1.807) is 30.3 Å². The van der Waals surface area contributed by atoms with Crippen molar-refractivity contribution in [1.82, 2.24) is 9.97 Å². The van der Waals surface area contributed by atoms with Gasteiger partial charge in [0.05, 0.1) is 29.9 Å². The number of benzene rings is 3. The number of hydrogen-bond acceptors (Lipinski definition) is 6. The van der Waals surface area contributed by atoms with Gasteiger partial charge in [0.15, 0.2) is 5.16 Å². The summed E-state index contributed by atoms with van der Waals surface area (Å²) in [7, 11) is -3.98. The quantitative estimate of drug-likeness (QED) is 0.230. The highest BCUT2D eigenvalue weighted by molar-refractivity contribution is 7.99. The molecular formula is C28H25FN4O3S2. The molecule has 0 bridgehead atoms. The number of aromatic nitrogens is 2. The minimum absolute atomic E-state index is 0.0163. The second-order valence-electron chi connectivity index (χ2n) is 9.13. The number of fused-ring (bicyclic) bond motifs is 3. The molecule has 7 nitrogen and oxygen atoms in total. The first-order chi connectivity index (χ1) is 18.2. The maximum absolute atomic E-state index is 13.6. The highest BCUT2D eigenvalue weighted by atomic mass is 32.2. The number of hydrogen-bond donors (Lipinski definition) is 1. The van der Waals surface area contributed by atoms with Gasteiger partial charge in [0.25, 0.3) is 10.0 Å². The molecule has 0 saturated carbocycles. The van der Waals surface area contributed by atoms with Crippen LogP contribution in [0, 0.1) is 5.82 Å². The zero-order valence-corrected chi connectivity index (χ0v) is 22.4. The molecule has 0 atom stereocenters. The van der Waals surface area contributed by atoms with Gasteiger partial charge >= 0.3 is 0 Å². The summed E-state index contributed by atoms with van der Waals surface area (Å²) in [6.07, 6.45) is 1.29. The molecule has 1 N–H and O–H groups in total. The molecule has 1 aliphatic rings. The molecule has 0 radical (unpaired) electrons. The van der Waals surface area contributed by atoms with E-state index in [4.69, 9.17) is 0 Å². The minimum atomic E-state index is -3.98. The standard InChI is InChI=1S/C28H25FN4O3S2/c1-18(2)20-9-13-22(14-10-20)31-26(34)17-37-28-30-15-25-27(32-28)23-5-3-4-6-24(23)33(38(25,35)36)16-19-7-11-21(29)12-8-19/h3-15,18H,16-17H2,1-2H3,(H,31,34). The van der Waals surface area contributed by atoms with Gasteiger partial charge < -0.3 is 5.32 Å². The summed E-state index contributed by atoms with van der Waals surface area (Å²) >= 11 is 1.13. The van der Waals surface area contributed by atoms with Gasteiger partial charge in [-0.05, 0) is 47.4 Å². The molecule has 0 saturated heterocycles. The number of halogens is 1. The number of nitrogens with one attached hydrogen (secondary N) is 1. The summed E-state index contributed by atoms with van der Waals surface area (Å²) in [6.45, 7) is 4.25. The van der Waals surface area contributed by atoms with Crippen LogP contribution in [0.25, 0.3) is 11.3 Å².